The molecule has 0 atom stereocenters. The minimum absolute atomic E-state index is 0.127. The highest BCUT2D eigenvalue weighted by molar-refractivity contribution is 5.92. The van der Waals surface area contributed by atoms with Gasteiger partial charge in [-0.15, -0.1) is 0 Å². The molecule has 2 rings (SSSR count). The van der Waals surface area contributed by atoms with Gasteiger partial charge >= 0.3 is 6.18 Å². The lowest BCUT2D eigenvalue weighted by Crippen LogP contribution is -2.34. The maximum atomic E-state index is 12.9. The molecule has 1 amide bonds. The molecule has 0 aliphatic rings. The number of nitrogens with two attached hydrogens (primary N) is 1. The van der Waals surface area contributed by atoms with Crippen LogP contribution in [0.2, 0.25) is 0 Å². The molecule has 0 bridgehead atoms. The van der Waals surface area contributed by atoms with Crippen molar-refractivity contribution in [1.29, 1.82) is 0 Å². The van der Waals surface area contributed by atoms with Crippen LogP contribution in [0.25, 0.3) is 0 Å². The molecule has 112 valence electrons. The first kappa shape index (κ1) is 14.8. The first-order valence-corrected chi connectivity index (χ1v) is 5.73. The quantitative estimate of drug-likeness (QED) is 0.925. The average Bonchev–Trinajstić information content (AvgIpc) is 2.75. The topological polar surface area (TPSA) is 91.1 Å². The van der Waals surface area contributed by atoms with Crippen LogP contribution in [0.4, 0.5) is 13.2 Å². The maximum Gasteiger partial charge on any atom is 0.431 e. The summed E-state index contributed by atoms with van der Waals surface area (Å²) in [6.45, 7) is 1.08. The molecule has 0 saturated heterocycles. The number of aryl methyl sites for hydroxylation is 1. The van der Waals surface area contributed by atoms with Crippen molar-refractivity contribution in [1.82, 2.24) is 9.72 Å². The van der Waals surface area contributed by atoms with Crippen molar-refractivity contribution >= 4 is 5.91 Å². The molecule has 0 aromatic carbocycles. The third-order valence-corrected chi connectivity index (χ3v) is 2.73. The van der Waals surface area contributed by atoms with Crippen molar-refractivity contribution < 1.29 is 22.5 Å². The third-order valence-electron chi connectivity index (χ3n) is 2.73. The van der Waals surface area contributed by atoms with Gasteiger partial charge in [0.1, 0.15) is 22.7 Å². The summed E-state index contributed by atoms with van der Waals surface area (Å²) in [5.41, 5.74) is 2.25. The van der Waals surface area contributed by atoms with Crippen LogP contribution in [-0.2, 0) is 12.7 Å². The number of hydrogen-bond acceptors (Lipinski definition) is 4. The number of halogens is 3. The van der Waals surface area contributed by atoms with E-state index in [0.29, 0.717) is 16.4 Å². The summed E-state index contributed by atoms with van der Waals surface area (Å²) in [5.74, 6) is -0.712. The highest BCUT2D eigenvalue weighted by Crippen LogP contribution is 2.28. The van der Waals surface area contributed by atoms with Crippen molar-refractivity contribution in [3.63, 3.8) is 0 Å². The van der Waals surface area contributed by atoms with Crippen molar-refractivity contribution in [3.05, 3.63) is 51.3 Å². The zero-order valence-electron chi connectivity index (χ0n) is 10.8. The molecule has 2 N–H and O–H groups in total. The molecule has 2 aromatic heterocycles. The Labute approximate surface area is 116 Å². The summed E-state index contributed by atoms with van der Waals surface area (Å²) in [7, 11) is 0. The summed E-state index contributed by atoms with van der Waals surface area (Å²) in [6.07, 6.45) is -4.76. The van der Waals surface area contributed by atoms with E-state index in [2.05, 4.69) is 5.16 Å². The number of carbonyl (C=O) groups is 1. The van der Waals surface area contributed by atoms with E-state index in [1.165, 1.54) is 6.07 Å². The van der Waals surface area contributed by atoms with Crippen LogP contribution >= 0.6 is 0 Å². The van der Waals surface area contributed by atoms with Crippen LogP contribution in [-0.4, -0.2) is 15.6 Å². The summed E-state index contributed by atoms with van der Waals surface area (Å²) >= 11 is 0. The lowest BCUT2D eigenvalue weighted by Gasteiger charge is -2.15. The van der Waals surface area contributed by atoms with Crippen molar-refractivity contribution in [2.45, 2.75) is 19.6 Å². The van der Waals surface area contributed by atoms with Crippen LogP contribution in [0, 0.1) is 6.92 Å². The zero-order valence-corrected chi connectivity index (χ0v) is 10.8. The number of nitrogens with zero attached hydrogens (tertiary/aromatic N) is 2. The summed E-state index contributed by atoms with van der Waals surface area (Å²) in [4.78, 5) is 23.1. The smallest absolute Gasteiger partial charge is 0.365 e. The molecule has 2 aromatic rings. The Balaban J connectivity index is 2.61. The minimum Gasteiger partial charge on any atom is -0.365 e. The second kappa shape index (κ2) is 5.08. The predicted molar refractivity (Wildman–Crippen MR) is 64.6 cm³/mol. The van der Waals surface area contributed by atoms with Crippen LogP contribution < -0.4 is 11.3 Å². The van der Waals surface area contributed by atoms with Crippen molar-refractivity contribution in [2.24, 2.45) is 5.73 Å². The monoisotopic (exact) mass is 301 g/mol. The van der Waals surface area contributed by atoms with E-state index in [-0.39, 0.29) is 5.69 Å². The lowest BCUT2D eigenvalue weighted by atomic mass is 10.2. The van der Waals surface area contributed by atoms with Gasteiger partial charge in [-0.2, -0.15) is 13.2 Å². The number of primary amides is 1. The van der Waals surface area contributed by atoms with Crippen molar-refractivity contribution in [3.8, 4) is 0 Å². The molecule has 0 saturated carbocycles. The lowest BCUT2D eigenvalue weighted by molar-refractivity contribution is -0.144. The van der Waals surface area contributed by atoms with Gasteiger partial charge in [-0.3, -0.25) is 14.2 Å². The molecule has 0 unspecified atom stereocenters. The largest absolute Gasteiger partial charge is 0.431 e. The Morgan fingerprint density at radius 3 is 2.57 bits per heavy atom. The molecular weight excluding hydrogens is 291 g/mol. The number of aromatic nitrogens is 2. The number of alkyl halides is 3. The Kier molecular flexibility index (Phi) is 3.58. The fourth-order valence-electron chi connectivity index (χ4n) is 1.82. The highest BCUT2D eigenvalue weighted by Gasteiger charge is 2.35. The number of carbonyl (C=O) groups excluding carboxylic acids is 1. The second-order valence-corrected chi connectivity index (χ2v) is 4.31. The van der Waals surface area contributed by atoms with Crippen molar-refractivity contribution in [2.75, 3.05) is 0 Å². The highest BCUT2D eigenvalue weighted by atomic mass is 19.4. The van der Waals surface area contributed by atoms with E-state index < -0.39 is 35.4 Å². The molecule has 0 spiro atoms. The van der Waals surface area contributed by atoms with Crippen LogP contribution in [0.15, 0.2) is 27.5 Å². The summed E-state index contributed by atoms with van der Waals surface area (Å²) < 4.78 is 44.0. The fourth-order valence-corrected chi connectivity index (χ4v) is 1.82. The van der Waals surface area contributed by atoms with E-state index in [9.17, 15) is 22.8 Å². The molecule has 6 nitrogen and oxygen atoms in total. The summed E-state index contributed by atoms with van der Waals surface area (Å²) in [6, 6.07) is 2.79. The average molecular weight is 301 g/mol. The number of amides is 1. The molecule has 0 aliphatic carbocycles. The summed E-state index contributed by atoms with van der Waals surface area (Å²) in [5, 5.41) is 3.53. The van der Waals surface area contributed by atoms with E-state index in [4.69, 9.17) is 10.3 Å². The minimum atomic E-state index is -4.76. The van der Waals surface area contributed by atoms with E-state index in [1.54, 1.807) is 6.92 Å². The molecular formula is C12H10F3N3O3. The van der Waals surface area contributed by atoms with Gasteiger partial charge in [0, 0.05) is 6.07 Å². The van der Waals surface area contributed by atoms with Gasteiger partial charge in [0.15, 0.2) is 0 Å². The maximum absolute atomic E-state index is 12.9. The molecule has 0 radical (unpaired) electrons. The first-order valence-electron chi connectivity index (χ1n) is 5.73. The van der Waals surface area contributed by atoms with Gasteiger partial charge in [-0.05, 0) is 19.1 Å². The fraction of sp³-hybridized carbons (Fsp3) is 0.250. The number of pyridine rings is 1. The standard InChI is InChI=1S/C12H10F3N3O3/c1-6-4-7(17-21-6)5-18-9(12(13,14)15)3-2-8(10(16)19)11(18)20/h2-4H,5H2,1H3,(H2,16,19). The predicted octanol–water partition coefficient (Wildman–Crippen LogP) is 1.31. The van der Waals surface area contributed by atoms with Gasteiger partial charge < -0.3 is 10.3 Å². The van der Waals surface area contributed by atoms with Crippen LogP contribution in [0.5, 0.6) is 0 Å². The normalized spacial score (nSPS) is 11.6. The third kappa shape index (κ3) is 2.96. The van der Waals surface area contributed by atoms with Gasteiger partial charge in [0.25, 0.3) is 11.5 Å². The first-order chi connectivity index (χ1) is 9.70. The Hall–Kier alpha value is -2.58. The van der Waals surface area contributed by atoms with Crippen LogP contribution in [0.3, 0.4) is 0 Å². The SMILES string of the molecule is Cc1cc(Cn2c(C(F)(F)F)ccc(C(N)=O)c2=O)no1. The molecule has 0 aliphatic heterocycles. The molecule has 9 heteroatoms. The van der Waals surface area contributed by atoms with Gasteiger partial charge in [-0.25, -0.2) is 0 Å². The Morgan fingerprint density at radius 1 is 1.43 bits per heavy atom. The Morgan fingerprint density at radius 2 is 2.10 bits per heavy atom. The Bertz CT molecular complexity index is 746. The number of rotatable bonds is 3. The molecule has 2 heterocycles. The van der Waals surface area contributed by atoms with E-state index in [1.807, 2.05) is 0 Å². The molecule has 21 heavy (non-hydrogen) atoms. The van der Waals surface area contributed by atoms with Gasteiger partial charge in [0.05, 0.1) is 6.54 Å². The molecule has 0 fully saturated rings. The zero-order chi connectivity index (χ0) is 15.8. The second-order valence-electron chi connectivity index (χ2n) is 4.31. The van der Waals surface area contributed by atoms with Crippen LogP contribution in [0.1, 0.15) is 27.5 Å². The van der Waals surface area contributed by atoms with E-state index in [0.717, 1.165) is 6.07 Å². The number of hydrogen-bond donors (Lipinski definition) is 1. The van der Waals surface area contributed by atoms with Gasteiger partial charge in [-0.1, -0.05) is 5.16 Å². The van der Waals surface area contributed by atoms with Gasteiger partial charge in [0.2, 0.25) is 0 Å². The van der Waals surface area contributed by atoms with E-state index >= 15 is 0 Å².